The number of carbonyl (C=O) groups is 2. The first-order chi connectivity index (χ1) is 13.8. The van der Waals surface area contributed by atoms with E-state index in [-0.39, 0.29) is 5.78 Å². The van der Waals surface area contributed by atoms with Gasteiger partial charge in [-0.05, 0) is 19.3 Å². The minimum atomic E-state index is -3.35. The van der Waals surface area contributed by atoms with Crippen LogP contribution in [0.15, 0.2) is 11.9 Å². The van der Waals surface area contributed by atoms with E-state index >= 15 is 0 Å². The fourth-order valence-corrected chi connectivity index (χ4v) is 4.25. The predicted octanol–water partition coefficient (Wildman–Crippen LogP) is 6.29. The van der Waals surface area contributed by atoms with Crippen molar-refractivity contribution in [1.82, 2.24) is 0 Å². The first-order valence-electron chi connectivity index (χ1n) is 10.8. The number of Topliss-reactive ketones (excluding diaryl/α,β-unsaturated/α-hetero) is 1. The van der Waals surface area contributed by atoms with Crippen LogP contribution in [0.4, 0.5) is 0 Å². The van der Waals surface area contributed by atoms with Crippen LogP contribution < -0.4 is 0 Å². The first-order valence-corrected chi connectivity index (χ1v) is 12.4. The zero-order valence-electron chi connectivity index (χ0n) is 19.0. The summed E-state index contributed by atoms with van der Waals surface area (Å²) in [7, 11) is 0.520. The molecule has 0 radical (unpaired) electrons. The Balaban J connectivity index is 4.68. The molecule has 2 atom stereocenters. The van der Waals surface area contributed by atoms with Gasteiger partial charge in [-0.1, -0.05) is 77.2 Å². The van der Waals surface area contributed by atoms with E-state index < -0.39 is 25.4 Å². The number of hydrogen-bond donors (Lipinski definition) is 0. The van der Waals surface area contributed by atoms with Gasteiger partial charge < -0.3 is 13.8 Å². The smallest absolute Gasteiger partial charge is 0.353 e. The molecule has 0 spiro atoms. The van der Waals surface area contributed by atoms with E-state index in [0.717, 1.165) is 19.3 Å². The highest BCUT2D eigenvalue weighted by Gasteiger charge is 2.32. The lowest BCUT2D eigenvalue weighted by Crippen LogP contribution is -2.30. The van der Waals surface area contributed by atoms with Crippen molar-refractivity contribution in [1.29, 1.82) is 0 Å². The SMILES string of the molecule is CCCCCCCCCCCCC(/C=C/P(=O)(OC)OC)C(C(C)=O)C(=O)OC. The molecule has 0 aliphatic heterocycles. The Hall–Kier alpha value is -0.970. The molecule has 0 saturated heterocycles. The molecule has 6 nitrogen and oxygen atoms in total. The normalized spacial score (nSPS) is 14.1. The lowest BCUT2D eigenvalue weighted by Gasteiger charge is -2.21. The van der Waals surface area contributed by atoms with E-state index in [1.807, 2.05) is 0 Å². The molecule has 0 aromatic heterocycles. The molecule has 0 N–H and O–H groups in total. The van der Waals surface area contributed by atoms with Gasteiger partial charge >= 0.3 is 13.6 Å². The highest BCUT2D eigenvalue weighted by atomic mass is 31.2. The number of allylic oxidation sites excluding steroid dienone is 1. The maximum Gasteiger partial charge on any atom is 0.353 e. The predicted molar refractivity (Wildman–Crippen MR) is 117 cm³/mol. The van der Waals surface area contributed by atoms with E-state index in [1.165, 1.54) is 79.0 Å². The van der Waals surface area contributed by atoms with Crippen LogP contribution >= 0.6 is 7.60 Å². The van der Waals surface area contributed by atoms with E-state index in [0.29, 0.717) is 6.42 Å². The van der Waals surface area contributed by atoms with Crippen molar-refractivity contribution in [2.75, 3.05) is 21.3 Å². The molecule has 0 bridgehead atoms. The van der Waals surface area contributed by atoms with Gasteiger partial charge in [0.15, 0.2) is 0 Å². The van der Waals surface area contributed by atoms with Crippen molar-refractivity contribution in [3.63, 3.8) is 0 Å². The molecule has 0 amide bonds. The number of esters is 1. The van der Waals surface area contributed by atoms with E-state index in [2.05, 4.69) is 6.92 Å². The van der Waals surface area contributed by atoms with Gasteiger partial charge in [-0.25, -0.2) is 0 Å². The molecule has 0 aromatic rings. The second-order valence-electron chi connectivity index (χ2n) is 7.49. The molecule has 0 fully saturated rings. The molecule has 170 valence electrons. The molecular formula is C22H41O6P. The fourth-order valence-electron chi connectivity index (χ4n) is 3.42. The summed E-state index contributed by atoms with van der Waals surface area (Å²) in [5.41, 5.74) is 0. The Morgan fingerprint density at radius 3 is 1.76 bits per heavy atom. The largest absolute Gasteiger partial charge is 0.468 e. The van der Waals surface area contributed by atoms with E-state index in [1.54, 1.807) is 6.08 Å². The van der Waals surface area contributed by atoms with E-state index in [9.17, 15) is 14.2 Å². The second kappa shape index (κ2) is 16.8. The van der Waals surface area contributed by atoms with Gasteiger partial charge in [0.05, 0.1) is 7.11 Å². The Morgan fingerprint density at radius 1 is 0.862 bits per heavy atom. The summed E-state index contributed by atoms with van der Waals surface area (Å²) >= 11 is 0. The lowest BCUT2D eigenvalue weighted by atomic mass is 9.85. The maximum atomic E-state index is 12.3. The molecular weight excluding hydrogens is 391 g/mol. The lowest BCUT2D eigenvalue weighted by molar-refractivity contribution is -0.150. The molecule has 0 aromatic carbocycles. The van der Waals surface area contributed by atoms with Crippen LogP contribution in [0.1, 0.15) is 84.5 Å². The van der Waals surface area contributed by atoms with Crippen molar-refractivity contribution in [3.05, 3.63) is 11.9 Å². The van der Waals surface area contributed by atoms with Crippen molar-refractivity contribution >= 4 is 19.3 Å². The van der Waals surface area contributed by atoms with Gasteiger partial charge in [0.25, 0.3) is 0 Å². The average molecular weight is 433 g/mol. The summed E-state index contributed by atoms with van der Waals surface area (Å²) in [5, 5.41) is 0. The third kappa shape index (κ3) is 12.3. The number of methoxy groups -OCH3 is 1. The summed E-state index contributed by atoms with van der Waals surface area (Å²) in [6.07, 6.45) is 14.3. The Morgan fingerprint density at radius 2 is 1.34 bits per heavy atom. The molecule has 29 heavy (non-hydrogen) atoms. The Kier molecular flexibility index (Phi) is 16.2. The molecule has 0 aliphatic carbocycles. The van der Waals surface area contributed by atoms with Gasteiger partial charge in [0.2, 0.25) is 0 Å². The minimum absolute atomic E-state index is 0.261. The summed E-state index contributed by atoms with van der Waals surface area (Å²) in [6, 6.07) is 0. The number of carbonyl (C=O) groups excluding carboxylic acids is 2. The van der Waals surface area contributed by atoms with Gasteiger partial charge in [-0.3, -0.25) is 14.2 Å². The van der Waals surface area contributed by atoms with Crippen LogP contribution in [0.5, 0.6) is 0 Å². The van der Waals surface area contributed by atoms with Crippen LogP contribution in [0.3, 0.4) is 0 Å². The van der Waals surface area contributed by atoms with Crippen molar-refractivity contribution in [2.24, 2.45) is 11.8 Å². The fraction of sp³-hybridized carbons (Fsp3) is 0.818. The van der Waals surface area contributed by atoms with Gasteiger partial charge in [0, 0.05) is 20.0 Å². The molecule has 0 aliphatic rings. The minimum Gasteiger partial charge on any atom is -0.468 e. The van der Waals surface area contributed by atoms with Gasteiger partial charge in [0.1, 0.15) is 11.7 Å². The van der Waals surface area contributed by atoms with Crippen LogP contribution in [0.25, 0.3) is 0 Å². The van der Waals surface area contributed by atoms with Crippen LogP contribution in [0, 0.1) is 11.8 Å². The quantitative estimate of drug-likeness (QED) is 0.110. The number of unbranched alkanes of at least 4 members (excludes halogenated alkanes) is 9. The van der Waals surface area contributed by atoms with Gasteiger partial charge in [-0.2, -0.15) is 0 Å². The molecule has 0 rings (SSSR count). The number of rotatable bonds is 18. The Labute approximate surface area is 177 Å². The summed E-state index contributed by atoms with van der Waals surface area (Å²) in [5.74, 6) is -0.788. The third-order valence-electron chi connectivity index (χ3n) is 5.24. The molecule has 0 saturated carbocycles. The van der Waals surface area contributed by atoms with Crippen LogP contribution in [-0.2, 0) is 27.9 Å². The zero-order chi connectivity index (χ0) is 22.1. The highest BCUT2D eigenvalue weighted by molar-refractivity contribution is 7.57. The highest BCUT2D eigenvalue weighted by Crippen LogP contribution is 2.48. The number of ether oxygens (including phenoxy) is 1. The summed E-state index contributed by atoms with van der Waals surface area (Å²) in [4.78, 5) is 24.2. The van der Waals surface area contributed by atoms with E-state index in [4.69, 9.17) is 13.8 Å². The maximum absolute atomic E-state index is 12.3. The van der Waals surface area contributed by atoms with Crippen LogP contribution in [0.2, 0.25) is 0 Å². The number of ketones is 1. The van der Waals surface area contributed by atoms with Crippen molar-refractivity contribution in [3.8, 4) is 0 Å². The average Bonchev–Trinajstić information content (AvgIpc) is 2.72. The topological polar surface area (TPSA) is 78.9 Å². The zero-order valence-corrected chi connectivity index (χ0v) is 19.9. The van der Waals surface area contributed by atoms with Crippen LogP contribution in [-0.4, -0.2) is 33.1 Å². The second-order valence-corrected chi connectivity index (χ2v) is 9.60. The molecule has 2 unspecified atom stereocenters. The molecule has 7 heteroatoms. The Bertz CT molecular complexity index is 523. The van der Waals surface area contributed by atoms with Crippen molar-refractivity contribution < 1.29 is 27.9 Å². The summed E-state index contributed by atoms with van der Waals surface area (Å²) in [6.45, 7) is 3.61. The standard InChI is InChI=1S/C22H41O6P/c1-6-7-8-9-10-11-12-13-14-15-16-20(17-18-29(25,27-4)28-5)21(19(2)23)22(24)26-3/h17-18,20-21H,6-16H2,1-5H3/b18-17+. The monoisotopic (exact) mass is 432 g/mol. The summed E-state index contributed by atoms with van der Waals surface area (Å²) < 4.78 is 26.9. The van der Waals surface area contributed by atoms with Crippen molar-refractivity contribution in [2.45, 2.75) is 84.5 Å². The third-order valence-corrected chi connectivity index (χ3v) is 6.79. The first kappa shape index (κ1) is 28.0. The number of hydrogen-bond acceptors (Lipinski definition) is 6. The molecule has 0 heterocycles. The van der Waals surface area contributed by atoms with Gasteiger partial charge in [-0.15, -0.1) is 0 Å².